The summed E-state index contributed by atoms with van der Waals surface area (Å²) < 4.78 is 40.7. The summed E-state index contributed by atoms with van der Waals surface area (Å²) in [4.78, 5) is 13.6. The van der Waals surface area contributed by atoms with E-state index >= 15 is 0 Å². The Bertz CT molecular complexity index is 1650. The van der Waals surface area contributed by atoms with Gasteiger partial charge in [0, 0.05) is 30.4 Å². The van der Waals surface area contributed by atoms with Crippen LogP contribution in [0.3, 0.4) is 0 Å². The second kappa shape index (κ2) is 18.6. The fourth-order valence-corrected chi connectivity index (χ4v) is 6.28. The summed E-state index contributed by atoms with van der Waals surface area (Å²) in [7, 11) is 4.79. The molecule has 11 heteroatoms. The van der Waals surface area contributed by atoms with E-state index in [2.05, 4.69) is 6.07 Å². The quantitative estimate of drug-likeness (QED) is 0.122. The minimum Gasteiger partial charge on any atom is -0.496 e. The number of ether oxygens (including phenoxy) is 7. The number of aliphatic hydroxyl groups is 1. The van der Waals surface area contributed by atoms with Crippen molar-refractivity contribution in [3.05, 3.63) is 102 Å². The maximum absolute atomic E-state index is 12.2. The number of rotatable bonds is 18. The number of hydrogen-bond donors (Lipinski definition) is 2. The molecule has 0 bridgehead atoms. The molecule has 1 aliphatic heterocycles. The van der Waals surface area contributed by atoms with Crippen molar-refractivity contribution in [2.75, 3.05) is 60.8 Å². The maximum Gasteiger partial charge on any atom is 0.407 e. The highest BCUT2D eigenvalue weighted by molar-refractivity contribution is 5.89. The molecule has 4 aromatic rings. The van der Waals surface area contributed by atoms with Crippen molar-refractivity contribution in [1.29, 1.82) is 0 Å². The van der Waals surface area contributed by atoms with Crippen molar-refractivity contribution in [3.8, 4) is 17.2 Å². The predicted molar refractivity (Wildman–Crippen MR) is 188 cm³/mol. The molecule has 4 atom stereocenters. The lowest BCUT2D eigenvalue weighted by molar-refractivity contribution is -0.107. The monoisotopic (exact) mass is 689 g/mol. The Labute approximate surface area is 293 Å². The molecule has 1 heterocycles. The SMILES string of the molecule is COC[C@H](O)CO[C@@H]1CN(C(=O)O)C[C@H](OCc2cc(OC)c3ccccc3c2)[C@H]1c1ccc(OCCCOCc2ccccc2OC)cc1. The van der Waals surface area contributed by atoms with Gasteiger partial charge < -0.3 is 48.3 Å². The summed E-state index contributed by atoms with van der Waals surface area (Å²) in [6, 6.07) is 27.5. The van der Waals surface area contributed by atoms with Gasteiger partial charge in [0.15, 0.2) is 0 Å². The van der Waals surface area contributed by atoms with Gasteiger partial charge >= 0.3 is 6.09 Å². The number of carboxylic acid groups (broad SMARTS) is 1. The van der Waals surface area contributed by atoms with E-state index in [1.807, 2.05) is 78.9 Å². The van der Waals surface area contributed by atoms with Gasteiger partial charge in [0.1, 0.15) is 23.4 Å². The molecule has 0 aromatic heterocycles. The first-order valence-corrected chi connectivity index (χ1v) is 16.8. The third kappa shape index (κ3) is 9.86. The molecule has 268 valence electrons. The topological polar surface area (TPSA) is 125 Å². The van der Waals surface area contributed by atoms with Gasteiger partial charge in [-0.2, -0.15) is 0 Å². The molecule has 0 radical (unpaired) electrons. The number of piperidine rings is 1. The van der Waals surface area contributed by atoms with E-state index in [9.17, 15) is 15.0 Å². The molecule has 50 heavy (non-hydrogen) atoms. The van der Waals surface area contributed by atoms with Crippen LogP contribution in [0.4, 0.5) is 4.79 Å². The number of methoxy groups -OCH3 is 3. The van der Waals surface area contributed by atoms with Crippen LogP contribution in [0.15, 0.2) is 84.9 Å². The van der Waals surface area contributed by atoms with Crippen molar-refractivity contribution >= 4 is 16.9 Å². The van der Waals surface area contributed by atoms with Crippen LogP contribution in [0.25, 0.3) is 10.8 Å². The normalized spacial score (nSPS) is 18.2. The van der Waals surface area contributed by atoms with E-state index in [0.29, 0.717) is 32.0 Å². The number of para-hydroxylation sites is 1. The third-order valence-electron chi connectivity index (χ3n) is 8.72. The lowest BCUT2D eigenvalue weighted by atomic mass is 9.84. The fourth-order valence-electron chi connectivity index (χ4n) is 6.28. The summed E-state index contributed by atoms with van der Waals surface area (Å²) in [6.45, 7) is 2.06. The third-order valence-corrected chi connectivity index (χ3v) is 8.72. The first-order valence-electron chi connectivity index (χ1n) is 16.8. The minimum absolute atomic E-state index is 0.0165. The van der Waals surface area contributed by atoms with Crippen LogP contribution in [0.2, 0.25) is 0 Å². The molecule has 0 spiro atoms. The number of carbonyl (C=O) groups is 1. The van der Waals surface area contributed by atoms with Crippen LogP contribution in [0, 0.1) is 0 Å². The number of amides is 1. The van der Waals surface area contributed by atoms with Gasteiger partial charge in [-0.1, -0.05) is 54.6 Å². The second-order valence-corrected chi connectivity index (χ2v) is 12.2. The lowest BCUT2D eigenvalue weighted by Gasteiger charge is -2.43. The molecule has 0 saturated carbocycles. The average Bonchev–Trinajstić information content (AvgIpc) is 3.14. The van der Waals surface area contributed by atoms with Crippen molar-refractivity contribution in [3.63, 3.8) is 0 Å². The largest absolute Gasteiger partial charge is 0.496 e. The standard InChI is InChI=1S/C39H47NO10/c1-44-25-31(41)26-50-37-22-40(39(42)43)21-36(49-23-27-19-29-9-4-6-11-33(29)35(20-27)46-3)38(37)28-13-15-32(16-14-28)48-18-8-17-47-24-30-10-5-7-12-34(30)45-2/h4-7,9-16,19-20,31,36-38,41H,8,17-18,21-26H2,1-3H3,(H,42,43)/t31-,36-,37+,38+/m0/s1. The lowest BCUT2D eigenvalue weighted by Crippen LogP contribution is -2.54. The van der Waals surface area contributed by atoms with Gasteiger partial charge in [-0.25, -0.2) is 4.79 Å². The summed E-state index contributed by atoms with van der Waals surface area (Å²) in [5.74, 6) is 1.91. The smallest absolute Gasteiger partial charge is 0.407 e. The van der Waals surface area contributed by atoms with E-state index in [1.165, 1.54) is 12.0 Å². The van der Waals surface area contributed by atoms with Crippen LogP contribution in [0.1, 0.15) is 29.0 Å². The summed E-state index contributed by atoms with van der Waals surface area (Å²) in [6.07, 6.45) is -2.35. The highest BCUT2D eigenvalue weighted by Crippen LogP contribution is 2.35. The first-order chi connectivity index (χ1) is 24.4. The number of hydrogen-bond acceptors (Lipinski definition) is 9. The summed E-state index contributed by atoms with van der Waals surface area (Å²) in [5.41, 5.74) is 2.81. The minimum atomic E-state index is -1.06. The zero-order valence-corrected chi connectivity index (χ0v) is 28.9. The Balaban J connectivity index is 1.27. The highest BCUT2D eigenvalue weighted by atomic mass is 16.5. The van der Waals surface area contributed by atoms with Gasteiger partial charge in [0.05, 0.1) is 79.2 Å². The van der Waals surface area contributed by atoms with Crippen LogP contribution >= 0.6 is 0 Å². The Kier molecular flexibility index (Phi) is 13.7. The fraction of sp³-hybridized carbons (Fsp3) is 0.410. The number of aliphatic hydroxyl groups excluding tert-OH is 1. The molecule has 2 N–H and O–H groups in total. The van der Waals surface area contributed by atoms with E-state index in [-0.39, 0.29) is 38.8 Å². The highest BCUT2D eigenvalue weighted by Gasteiger charge is 2.41. The first kappa shape index (κ1) is 36.9. The van der Waals surface area contributed by atoms with Crippen molar-refractivity contribution in [1.82, 2.24) is 4.90 Å². The number of benzene rings is 4. The van der Waals surface area contributed by atoms with Gasteiger partial charge in [-0.15, -0.1) is 0 Å². The molecule has 1 amide bonds. The number of fused-ring (bicyclic) bond motifs is 1. The average molecular weight is 690 g/mol. The van der Waals surface area contributed by atoms with Gasteiger partial charge in [0.25, 0.3) is 0 Å². The molecule has 1 saturated heterocycles. The molecule has 1 fully saturated rings. The van der Waals surface area contributed by atoms with Crippen molar-refractivity contribution in [2.45, 2.75) is 43.9 Å². The van der Waals surface area contributed by atoms with Crippen molar-refractivity contribution in [2.24, 2.45) is 0 Å². The zero-order valence-electron chi connectivity index (χ0n) is 28.9. The van der Waals surface area contributed by atoms with E-state index < -0.39 is 24.4 Å². The van der Waals surface area contributed by atoms with E-state index in [4.69, 9.17) is 33.2 Å². The van der Waals surface area contributed by atoms with Crippen LogP contribution < -0.4 is 14.2 Å². The predicted octanol–water partition coefficient (Wildman–Crippen LogP) is 5.90. The molecule has 1 aliphatic rings. The van der Waals surface area contributed by atoms with Crippen molar-refractivity contribution < 1.29 is 48.2 Å². The second-order valence-electron chi connectivity index (χ2n) is 12.2. The number of likely N-dealkylation sites (tertiary alicyclic amines) is 1. The molecular formula is C39H47NO10. The Hall–Kier alpha value is -4.39. The molecule has 4 aromatic carbocycles. The summed E-state index contributed by atoms with van der Waals surface area (Å²) >= 11 is 0. The molecule has 5 rings (SSSR count). The van der Waals surface area contributed by atoms with E-state index in [1.54, 1.807) is 14.2 Å². The van der Waals surface area contributed by atoms with Gasteiger partial charge in [0.2, 0.25) is 0 Å². The molecular weight excluding hydrogens is 642 g/mol. The zero-order chi connectivity index (χ0) is 35.3. The van der Waals surface area contributed by atoms with Gasteiger partial charge in [-0.3, -0.25) is 0 Å². The molecule has 11 nitrogen and oxygen atoms in total. The van der Waals surface area contributed by atoms with Gasteiger partial charge in [-0.05, 0) is 46.8 Å². The molecule has 0 aliphatic carbocycles. The summed E-state index contributed by atoms with van der Waals surface area (Å²) in [5, 5.41) is 22.4. The van der Waals surface area contributed by atoms with Crippen LogP contribution in [-0.4, -0.2) is 100 Å². The maximum atomic E-state index is 12.2. The molecule has 0 unspecified atom stereocenters. The number of nitrogens with zero attached hydrogens (tertiary/aromatic N) is 1. The Morgan fingerprint density at radius 2 is 1.54 bits per heavy atom. The van der Waals surface area contributed by atoms with Crippen LogP contribution in [0.5, 0.6) is 17.2 Å². The van der Waals surface area contributed by atoms with E-state index in [0.717, 1.165) is 39.0 Å². The Morgan fingerprint density at radius 3 is 2.28 bits per heavy atom. The van der Waals surface area contributed by atoms with Crippen LogP contribution in [-0.2, 0) is 32.2 Å². The Morgan fingerprint density at radius 1 is 0.820 bits per heavy atom.